The Morgan fingerprint density at radius 1 is 1.43 bits per heavy atom. The Morgan fingerprint density at radius 2 is 2.19 bits per heavy atom. The van der Waals surface area contributed by atoms with E-state index < -0.39 is 5.97 Å². The summed E-state index contributed by atoms with van der Waals surface area (Å²) >= 11 is 3.40. The minimum Gasteiger partial charge on any atom is -0.472 e. The third-order valence-corrected chi connectivity index (χ3v) is 3.34. The molecule has 2 rings (SSSR count). The van der Waals surface area contributed by atoms with E-state index in [1.165, 1.54) is 12.3 Å². The van der Waals surface area contributed by atoms with Gasteiger partial charge in [0.05, 0.1) is 17.9 Å². The number of nitrogens with zero attached hydrogens (tertiary/aromatic N) is 2. The van der Waals surface area contributed by atoms with Crippen LogP contribution in [0.2, 0.25) is 0 Å². The van der Waals surface area contributed by atoms with Crippen molar-refractivity contribution in [3.05, 3.63) is 46.1 Å². The highest BCUT2D eigenvalue weighted by Crippen LogP contribution is 2.23. The molecule has 6 nitrogen and oxygen atoms in total. The van der Waals surface area contributed by atoms with Crippen molar-refractivity contribution in [2.45, 2.75) is 26.6 Å². The van der Waals surface area contributed by atoms with Crippen LogP contribution in [0.4, 0.5) is 0 Å². The molecule has 0 saturated heterocycles. The van der Waals surface area contributed by atoms with Crippen molar-refractivity contribution in [1.29, 1.82) is 0 Å². The van der Waals surface area contributed by atoms with E-state index in [1.54, 1.807) is 26.0 Å². The second kappa shape index (κ2) is 6.62. The van der Waals surface area contributed by atoms with Crippen molar-refractivity contribution in [3.63, 3.8) is 0 Å². The number of aromatic nitrogens is 2. The van der Waals surface area contributed by atoms with Crippen LogP contribution in [0.3, 0.4) is 0 Å². The Kier molecular flexibility index (Phi) is 4.85. The molecule has 0 unspecified atom stereocenters. The lowest BCUT2D eigenvalue weighted by Crippen LogP contribution is -2.15. The van der Waals surface area contributed by atoms with Gasteiger partial charge in [0.25, 0.3) is 0 Å². The Labute approximate surface area is 130 Å². The van der Waals surface area contributed by atoms with Crippen LogP contribution in [0.15, 0.2) is 34.9 Å². The number of halogens is 1. The normalized spacial score (nSPS) is 10.7. The molecule has 0 aliphatic carbocycles. The van der Waals surface area contributed by atoms with Crippen LogP contribution in [0.1, 0.15) is 29.8 Å². The summed E-state index contributed by atoms with van der Waals surface area (Å²) in [6.07, 6.45) is 1.15. The fourth-order valence-corrected chi connectivity index (χ4v) is 2.18. The number of hydrogen-bond donors (Lipinski definition) is 1. The number of hydrogen-bond acceptors (Lipinski definition) is 5. The predicted octanol–water partition coefficient (Wildman–Crippen LogP) is 3.03. The summed E-state index contributed by atoms with van der Waals surface area (Å²) in [6.45, 7) is 3.71. The van der Waals surface area contributed by atoms with Crippen LogP contribution in [0.5, 0.6) is 5.88 Å². The maximum atomic E-state index is 12.1. The predicted molar refractivity (Wildman–Crippen MR) is 78.4 cm³/mol. The highest BCUT2D eigenvalue weighted by molar-refractivity contribution is 9.10. The molecule has 0 spiro atoms. The highest BCUT2D eigenvalue weighted by atomic mass is 79.9. The van der Waals surface area contributed by atoms with Gasteiger partial charge in [0, 0.05) is 16.1 Å². The van der Waals surface area contributed by atoms with Crippen LogP contribution >= 0.6 is 15.9 Å². The maximum Gasteiger partial charge on any atom is 0.338 e. The SMILES string of the molecule is CC(C)OC(=O)c1cccc(Br)c1COc1ccn(O)n1. The summed E-state index contributed by atoms with van der Waals surface area (Å²) < 4.78 is 11.4. The fraction of sp³-hybridized carbons (Fsp3) is 0.286. The van der Waals surface area contributed by atoms with Crippen molar-refractivity contribution in [1.82, 2.24) is 9.94 Å². The lowest BCUT2D eigenvalue weighted by molar-refractivity contribution is 0.0374. The number of esters is 1. The second-order valence-electron chi connectivity index (χ2n) is 4.58. The molecule has 0 atom stereocenters. The second-order valence-corrected chi connectivity index (χ2v) is 5.44. The number of carbonyl (C=O) groups is 1. The fourth-order valence-electron chi connectivity index (χ4n) is 1.70. The minimum absolute atomic E-state index is 0.126. The van der Waals surface area contributed by atoms with Gasteiger partial charge in [0.1, 0.15) is 6.61 Å². The Bertz CT molecular complexity index is 640. The van der Waals surface area contributed by atoms with Crippen molar-refractivity contribution < 1.29 is 19.5 Å². The average molecular weight is 355 g/mol. The summed E-state index contributed by atoms with van der Waals surface area (Å²) in [6, 6.07) is 6.77. The summed E-state index contributed by atoms with van der Waals surface area (Å²) in [7, 11) is 0. The molecular formula is C14H15BrN2O4. The molecule has 2 aromatic rings. The molecule has 1 N–H and O–H groups in total. The Morgan fingerprint density at radius 3 is 2.81 bits per heavy atom. The van der Waals surface area contributed by atoms with Crippen molar-refractivity contribution >= 4 is 21.9 Å². The van der Waals surface area contributed by atoms with Gasteiger partial charge >= 0.3 is 5.97 Å². The number of ether oxygens (including phenoxy) is 2. The Balaban J connectivity index is 2.19. The van der Waals surface area contributed by atoms with Gasteiger partial charge in [-0.25, -0.2) is 4.79 Å². The van der Waals surface area contributed by atoms with Gasteiger partial charge in [-0.15, -0.1) is 4.85 Å². The molecule has 1 aromatic heterocycles. The summed E-state index contributed by atoms with van der Waals surface area (Å²) in [5, 5.41) is 12.8. The number of benzene rings is 1. The van der Waals surface area contributed by atoms with Crippen molar-refractivity contribution in [2.24, 2.45) is 0 Å². The van der Waals surface area contributed by atoms with Crippen LogP contribution < -0.4 is 4.74 Å². The first kappa shape index (κ1) is 15.4. The van der Waals surface area contributed by atoms with E-state index in [1.807, 2.05) is 6.07 Å². The lowest BCUT2D eigenvalue weighted by Gasteiger charge is -2.13. The van der Waals surface area contributed by atoms with Gasteiger partial charge in [-0.1, -0.05) is 27.1 Å². The zero-order chi connectivity index (χ0) is 15.4. The topological polar surface area (TPSA) is 73.6 Å². The molecule has 0 radical (unpaired) electrons. The van der Waals surface area contributed by atoms with Crippen LogP contribution in [-0.2, 0) is 11.3 Å². The van der Waals surface area contributed by atoms with E-state index in [0.29, 0.717) is 16.0 Å². The minimum atomic E-state index is -0.405. The summed E-state index contributed by atoms with van der Waals surface area (Å²) in [4.78, 5) is 12.7. The molecule has 21 heavy (non-hydrogen) atoms. The van der Waals surface area contributed by atoms with Crippen LogP contribution in [0, 0.1) is 0 Å². The molecule has 0 aliphatic rings. The van der Waals surface area contributed by atoms with Crippen molar-refractivity contribution in [3.8, 4) is 5.88 Å². The molecule has 7 heteroatoms. The number of carbonyl (C=O) groups excluding carboxylic acids is 1. The zero-order valence-electron chi connectivity index (χ0n) is 11.6. The van der Waals surface area contributed by atoms with Gasteiger partial charge in [-0.2, -0.15) is 0 Å². The molecular weight excluding hydrogens is 340 g/mol. The van der Waals surface area contributed by atoms with E-state index in [-0.39, 0.29) is 18.6 Å². The molecule has 1 aromatic carbocycles. The van der Waals surface area contributed by atoms with Gasteiger partial charge in [0.15, 0.2) is 0 Å². The summed E-state index contributed by atoms with van der Waals surface area (Å²) in [5.41, 5.74) is 1.09. The monoisotopic (exact) mass is 354 g/mol. The van der Waals surface area contributed by atoms with Crippen molar-refractivity contribution in [2.75, 3.05) is 0 Å². The first-order chi connectivity index (χ1) is 9.97. The molecule has 0 saturated carbocycles. The third-order valence-electron chi connectivity index (χ3n) is 2.60. The Hall–Kier alpha value is -2.02. The van der Waals surface area contributed by atoms with E-state index >= 15 is 0 Å². The molecule has 0 bridgehead atoms. The number of rotatable bonds is 5. The molecule has 0 fully saturated rings. The van der Waals surface area contributed by atoms with Gasteiger partial charge in [0.2, 0.25) is 5.88 Å². The first-order valence-corrected chi connectivity index (χ1v) is 7.12. The van der Waals surface area contributed by atoms with Gasteiger partial charge in [-0.05, 0) is 26.0 Å². The largest absolute Gasteiger partial charge is 0.472 e. The van der Waals surface area contributed by atoms with Gasteiger partial charge < -0.3 is 14.7 Å². The highest BCUT2D eigenvalue weighted by Gasteiger charge is 2.17. The van der Waals surface area contributed by atoms with E-state index in [4.69, 9.17) is 14.7 Å². The van der Waals surface area contributed by atoms with E-state index in [0.717, 1.165) is 4.47 Å². The molecule has 1 heterocycles. The summed E-state index contributed by atoms with van der Waals surface area (Å²) in [5.74, 6) is -0.144. The van der Waals surface area contributed by atoms with Gasteiger partial charge in [-0.3, -0.25) is 0 Å². The zero-order valence-corrected chi connectivity index (χ0v) is 13.2. The maximum absolute atomic E-state index is 12.1. The third kappa shape index (κ3) is 3.98. The van der Waals surface area contributed by atoms with Crippen LogP contribution in [-0.4, -0.2) is 27.2 Å². The molecule has 112 valence electrons. The quantitative estimate of drug-likeness (QED) is 0.659. The molecule has 0 amide bonds. The molecule has 0 aliphatic heterocycles. The van der Waals surface area contributed by atoms with E-state index in [9.17, 15) is 4.79 Å². The van der Waals surface area contributed by atoms with Crippen LogP contribution in [0.25, 0.3) is 0 Å². The van der Waals surface area contributed by atoms with E-state index in [2.05, 4.69) is 21.0 Å². The standard InChI is InChI=1S/C14H15BrN2O4/c1-9(2)21-14(18)10-4-3-5-12(15)11(10)8-20-13-6-7-17(19)16-13/h3-7,9,19H,8H2,1-2H3. The first-order valence-electron chi connectivity index (χ1n) is 6.33. The lowest BCUT2D eigenvalue weighted by atomic mass is 10.1. The smallest absolute Gasteiger partial charge is 0.338 e. The average Bonchev–Trinajstić information content (AvgIpc) is 2.82.